The van der Waals surface area contributed by atoms with E-state index in [0.29, 0.717) is 4.31 Å². The van der Waals surface area contributed by atoms with E-state index in [2.05, 4.69) is 0 Å². The monoisotopic (exact) mass is 408 g/mol. The molecular weight excluding hydrogens is 398 g/mol. The molecule has 146 valence electrons. The molecule has 1 unspecified atom stereocenters. The Kier molecular flexibility index (Phi) is 5.76. The molecule has 11 nitrogen and oxygen atoms in total. The molecule has 1 atom stereocenters. The molecule has 0 spiro atoms. The van der Waals surface area contributed by atoms with Crippen LogP contribution < -0.4 is 4.31 Å². The smallest absolute Gasteiger partial charge is 0.336 e. The van der Waals surface area contributed by atoms with Crippen molar-refractivity contribution in [3.8, 4) is 0 Å². The Morgan fingerprint density at radius 1 is 0.679 bits per heavy atom. The first-order valence-electron chi connectivity index (χ1n) is 7.15. The van der Waals surface area contributed by atoms with Gasteiger partial charge in [-0.15, -0.1) is 0 Å². The Balaban J connectivity index is 2.69. The van der Waals surface area contributed by atoms with Crippen molar-refractivity contribution in [3.63, 3.8) is 0 Å². The van der Waals surface area contributed by atoms with Gasteiger partial charge >= 0.3 is 23.9 Å². The first-order chi connectivity index (χ1) is 13.0. The molecule has 0 aromatic heterocycles. The Morgan fingerprint density at radius 2 is 1.00 bits per heavy atom. The Morgan fingerprint density at radius 3 is 1.25 bits per heavy atom. The van der Waals surface area contributed by atoms with Gasteiger partial charge in [0.25, 0.3) is 0 Å². The normalized spacial score (nSPS) is 11.5. The van der Waals surface area contributed by atoms with E-state index in [1.54, 1.807) is 0 Å². The van der Waals surface area contributed by atoms with Crippen LogP contribution in [0.3, 0.4) is 0 Å². The lowest BCUT2D eigenvalue weighted by atomic mass is 10.0. The molecular formula is C16H10NO10S-. The third kappa shape index (κ3) is 3.97. The number of carbonyl (C=O) groups is 4. The highest BCUT2D eigenvalue weighted by Gasteiger charge is 2.22. The quantitative estimate of drug-likeness (QED) is 0.487. The summed E-state index contributed by atoms with van der Waals surface area (Å²) in [6.07, 6.45) is 0. The maximum absolute atomic E-state index is 11.7. The highest BCUT2D eigenvalue weighted by Crippen LogP contribution is 2.30. The van der Waals surface area contributed by atoms with Crippen molar-refractivity contribution in [2.45, 2.75) is 0 Å². The minimum absolute atomic E-state index is 0.296. The summed E-state index contributed by atoms with van der Waals surface area (Å²) < 4.78 is 23.9. The molecule has 0 radical (unpaired) electrons. The first kappa shape index (κ1) is 20.5. The average molecular weight is 408 g/mol. The Bertz CT molecular complexity index is 957. The summed E-state index contributed by atoms with van der Waals surface area (Å²) in [6.45, 7) is 0. The third-order valence-corrected chi connectivity index (χ3v) is 4.27. The lowest BCUT2D eigenvalue weighted by molar-refractivity contribution is 0.0651. The maximum atomic E-state index is 11.7. The summed E-state index contributed by atoms with van der Waals surface area (Å²) in [5, 5.41) is 36.4. The zero-order valence-electron chi connectivity index (χ0n) is 13.6. The van der Waals surface area contributed by atoms with Crippen LogP contribution in [0.2, 0.25) is 0 Å². The van der Waals surface area contributed by atoms with Crippen LogP contribution in [-0.4, -0.2) is 53.1 Å². The third-order valence-electron chi connectivity index (χ3n) is 3.55. The van der Waals surface area contributed by atoms with Gasteiger partial charge < -0.3 is 25.0 Å². The van der Waals surface area contributed by atoms with Crippen LogP contribution in [0.15, 0.2) is 36.4 Å². The van der Waals surface area contributed by atoms with E-state index >= 15 is 0 Å². The van der Waals surface area contributed by atoms with E-state index in [-0.39, 0.29) is 11.4 Å². The number of carboxylic acids is 4. The molecule has 12 heteroatoms. The molecule has 0 heterocycles. The fourth-order valence-corrected chi connectivity index (χ4v) is 2.94. The predicted octanol–water partition coefficient (Wildman–Crippen LogP) is 1.41. The van der Waals surface area contributed by atoms with Gasteiger partial charge in [0, 0.05) is 0 Å². The summed E-state index contributed by atoms with van der Waals surface area (Å²) in [5.41, 5.74) is -3.15. The van der Waals surface area contributed by atoms with Gasteiger partial charge in [-0.3, -0.25) is 8.51 Å². The molecule has 0 aliphatic carbocycles. The molecule has 0 aliphatic rings. The number of hydrogen-bond donors (Lipinski definition) is 4. The predicted molar refractivity (Wildman–Crippen MR) is 91.8 cm³/mol. The van der Waals surface area contributed by atoms with Crippen molar-refractivity contribution >= 4 is 46.5 Å². The lowest BCUT2D eigenvalue weighted by Gasteiger charge is -2.27. The zero-order valence-corrected chi connectivity index (χ0v) is 14.4. The zero-order chi connectivity index (χ0) is 21.2. The fourth-order valence-electron chi connectivity index (χ4n) is 2.37. The average Bonchev–Trinajstić information content (AvgIpc) is 2.60. The van der Waals surface area contributed by atoms with Crippen molar-refractivity contribution in [1.82, 2.24) is 0 Å². The van der Waals surface area contributed by atoms with Crippen molar-refractivity contribution in [2.75, 3.05) is 4.31 Å². The van der Waals surface area contributed by atoms with Gasteiger partial charge in [0.05, 0.1) is 44.9 Å². The maximum Gasteiger partial charge on any atom is 0.336 e. The number of carboxylic acid groups (broad SMARTS) is 4. The van der Waals surface area contributed by atoms with Crippen LogP contribution in [0, 0.1) is 0 Å². The number of aromatic carboxylic acids is 4. The summed E-state index contributed by atoms with van der Waals surface area (Å²) in [7, 11) is 0. The van der Waals surface area contributed by atoms with Gasteiger partial charge in [-0.2, -0.15) is 0 Å². The molecule has 0 aliphatic heterocycles. The van der Waals surface area contributed by atoms with E-state index in [1.807, 2.05) is 0 Å². The molecule has 0 amide bonds. The van der Waals surface area contributed by atoms with Crippen molar-refractivity contribution in [2.24, 2.45) is 0 Å². The van der Waals surface area contributed by atoms with Crippen molar-refractivity contribution in [3.05, 3.63) is 58.7 Å². The number of nitrogens with zero attached hydrogens (tertiary/aromatic N) is 1. The standard InChI is InChI=1S/C16H11NO10S/c18-13(19)9-3-1-7(5-11(9)15(22)23)17(28(26)27)8-2-4-10(14(20)21)12(6-8)16(24)25/h1-6H,(H,18,19)(H,20,21)(H,22,23)(H,24,25)(H,26,27)/p-1. The highest BCUT2D eigenvalue weighted by molar-refractivity contribution is 7.81. The molecule has 0 saturated heterocycles. The van der Waals surface area contributed by atoms with E-state index in [0.717, 1.165) is 36.4 Å². The number of hydrogen-bond acceptors (Lipinski definition) is 6. The minimum atomic E-state index is -3.08. The van der Waals surface area contributed by atoms with E-state index < -0.39 is 57.4 Å². The molecule has 2 aromatic rings. The van der Waals surface area contributed by atoms with E-state index in [4.69, 9.17) is 20.4 Å². The fraction of sp³-hybridized carbons (Fsp3) is 0. The highest BCUT2D eigenvalue weighted by atomic mass is 32.2. The van der Waals surface area contributed by atoms with Gasteiger partial charge in [-0.05, 0) is 36.4 Å². The van der Waals surface area contributed by atoms with Crippen LogP contribution >= 0.6 is 0 Å². The van der Waals surface area contributed by atoms with E-state index in [9.17, 15) is 27.9 Å². The second-order valence-electron chi connectivity index (χ2n) is 5.19. The SMILES string of the molecule is O=C(O)c1ccc(N(c2ccc(C(=O)O)c(C(=O)O)c2)S(=O)[O-])cc1C(=O)O. The van der Waals surface area contributed by atoms with Gasteiger partial charge in [-0.1, -0.05) is 0 Å². The van der Waals surface area contributed by atoms with Crippen LogP contribution in [0.25, 0.3) is 0 Å². The largest absolute Gasteiger partial charge is 0.755 e. The van der Waals surface area contributed by atoms with Crippen LogP contribution in [0.1, 0.15) is 41.4 Å². The Hall–Kier alpha value is -3.77. The van der Waals surface area contributed by atoms with Crippen molar-refractivity contribution < 1.29 is 48.4 Å². The number of benzene rings is 2. The molecule has 0 bridgehead atoms. The summed E-state index contributed by atoms with van der Waals surface area (Å²) in [5.74, 6) is -6.33. The summed E-state index contributed by atoms with van der Waals surface area (Å²) in [4.78, 5) is 44.8. The minimum Gasteiger partial charge on any atom is -0.755 e. The van der Waals surface area contributed by atoms with Gasteiger partial charge in [0.2, 0.25) is 0 Å². The van der Waals surface area contributed by atoms with E-state index in [1.165, 1.54) is 0 Å². The van der Waals surface area contributed by atoms with Crippen LogP contribution in [0.4, 0.5) is 11.4 Å². The second kappa shape index (κ2) is 7.85. The number of rotatable bonds is 7. The summed E-state index contributed by atoms with van der Waals surface area (Å²) >= 11 is -3.08. The molecule has 2 rings (SSSR count). The molecule has 28 heavy (non-hydrogen) atoms. The van der Waals surface area contributed by atoms with Gasteiger partial charge in [-0.25, -0.2) is 19.2 Å². The Labute approximate surface area is 158 Å². The first-order valence-corrected chi connectivity index (χ1v) is 8.18. The second-order valence-corrected chi connectivity index (χ2v) is 5.99. The molecule has 2 aromatic carbocycles. The molecule has 0 fully saturated rings. The lowest BCUT2D eigenvalue weighted by Crippen LogP contribution is -2.21. The topological polar surface area (TPSA) is 193 Å². The van der Waals surface area contributed by atoms with Gasteiger partial charge in [0.15, 0.2) is 0 Å². The molecule has 4 N–H and O–H groups in total. The van der Waals surface area contributed by atoms with Gasteiger partial charge in [0.1, 0.15) is 0 Å². The van der Waals surface area contributed by atoms with Crippen LogP contribution in [0.5, 0.6) is 0 Å². The van der Waals surface area contributed by atoms with Crippen molar-refractivity contribution in [1.29, 1.82) is 0 Å². The van der Waals surface area contributed by atoms with Crippen LogP contribution in [-0.2, 0) is 11.3 Å². The molecule has 0 saturated carbocycles. The number of anilines is 2. The summed E-state index contributed by atoms with van der Waals surface area (Å²) in [6, 6.07) is 5.35.